The monoisotopic (exact) mass is 343 g/mol. The van der Waals surface area contributed by atoms with E-state index in [0.717, 1.165) is 5.56 Å². The predicted octanol–water partition coefficient (Wildman–Crippen LogP) is 4.23. The highest BCUT2D eigenvalue weighted by Crippen LogP contribution is 2.29. The molecule has 4 nitrogen and oxygen atoms in total. The number of rotatable bonds is 7. The maximum Gasteiger partial charge on any atom is 0.254 e. The van der Waals surface area contributed by atoms with E-state index in [9.17, 15) is 9.18 Å². The molecule has 1 atom stereocenters. The molecule has 0 saturated heterocycles. The van der Waals surface area contributed by atoms with E-state index in [2.05, 4.69) is 6.58 Å². The first-order chi connectivity index (χ1) is 12.0. The van der Waals surface area contributed by atoms with Crippen molar-refractivity contribution in [2.75, 3.05) is 20.8 Å². The second-order valence-electron chi connectivity index (χ2n) is 5.61. The molecule has 0 saturated carbocycles. The molecular formula is C20H22FNO3. The van der Waals surface area contributed by atoms with Gasteiger partial charge in [-0.15, -0.1) is 0 Å². The Bertz CT molecular complexity index is 743. The van der Waals surface area contributed by atoms with Crippen molar-refractivity contribution < 1.29 is 18.7 Å². The maximum atomic E-state index is 13.1. The van der Waals surface area contributed by atoms with E-state index in [1.54, 1.807) is 48.4 Å². The molecule has 25 heavy (non-hydrogen) atoms. The van der Waals surface area contributed by atoms with E-state index >= 15 is 0 Å². The Morgan fingerprint density at radius 1 is 1.24 bits per heavy atom. The Kier molecular flexibility index (Phi) is 6.17. The summed E-state index contributed by atoms with van der Waals surface area (Å²) in [6.45, 7) is 5.85. The summed E-state index contributed by atoms with van der Waals surface area (Å²) >= 11 is 0. The SMILES string of the molecule is C=CCOc1ccc(C(=O)N(C)C(C)c2ccc(F)cc2)cc1OC. The van der Waals surface area contributed by atoms with Gasteiger partial charge in [-0.1, -0.05) is 24.8 Å². The Morgan fingerprint density at radius 2 is 1.92 bits per heavy atom. The summed E-state index contributed by atoms with van der Waals surface area (Å²) in [5, 5.41) is 0. The molecule has 2 aromatic rings. The highest BCUT2D eigenvalue weighted by Gasteiger charge is 2.20. The van der Waals surface area contributed by atoms with Gasteiger partial charge in [-0.2, -0.15) is 0 Å². The van der Waals surface area contributed by atoms with Crippen molar-refractivity contribution in [1.82, 2.24) is 4.90 Å². The Morgan fingerprint density at radius 3 is 2.52 bits per heavy atom. The topological polar surface area (TPSA) is 38.8 Å². The minimum atomic E-state index is -0.301. The second-order valence-corrected chi connectivity index (χ2v) is 5.61. The molecule has 0 aliphatic heterocycles. The molecule has 2 aromatic carbocycles. The fourth-order valence-corrected chi connectivity index (χ4v) is 2.41. The van der Waals surface area contributed by atoms with E-state index in [-0.39, 0.29) is 17.8 Å². The van der Waals surface area contributed by atoms with E-state index in [1.165, 1.54) is 19.2 Å². The Labute approximate surface area is 147 Å². The summed E-state index contributed by atoms with van der Waals surface area (Å²) in [6, 6.07) is 11.0. The summed E-state index contributed by atoms with van der Waals surface area (Å²) in [4.78, 5) is 14.4. The van der Waals surface area contributed by atoms with E-state index in [4.69, 9.17) is 9.47 Å². The molecule has 0 aromatic heterocycles. The average molecular weight is 343 g/mol. The van der Waals surface area contributed by atoms with E-state index < -0.39 is 0 Å². The first-order valence-corrected chi connectivity index (χ1v) is 7.92. The van der Waals surface area contributed by atoms with Crippen LogP contribution in [0.4, 0.5) is 4.39 Å². The number of halogens is 1. The molecule has 0 N–H and O–H groups in total. The van der Waals surface area contributed by atoms with Crippen molar-refractivity contribution in [2.24, 2.45) is 0 Å². The number of amides is 1. The number of hydrogen-bond acceptors (Lipinski definition) is 3. The van der Waals surface area contributed by atoms with Gasteiger partial charge in [-0.3, -0.25) is 4.79 Å². The first-order valence-electron chi connectivity index (χ1n) is 7.92. The van der Waals surface area contributed by atoms with Gasteiger partial charge in [0, 0.05) is 12.6 Å². The van der Waals surface area contributed by atoms with Gasteiger partial charge in [0.25, 0.3) is 5.91 Å². The summed E-state index contributed by atoms with van der Waals surface area (Å²) in [5.41, 5.74) is 1.34. The smallest absolute Gasteiger partial charge is 0.254 e. The van der Waals surface area contributed by atoms with Crippen molar-refractivity contribution in [3.8, 4) is 11.5 Å². The van der Waals surface area contributed by atoms with Gasteiger partial charge in [-0.25, -0.2) is 4.39 Å². The van der Waals surface area contributed by atoms with Crippen molar-refractivity contribution in [2.45, 2.75) is 13.0 Å². The van der Waals surface area contributed by atoms with Crippen molar-refractivity contribution in [3.05, 3.63) is 72.1 Å². The summed E-state index contributed by atoms with van der Waals surface area (Å²) < 4.78 is 23.9. The number of nitrogens with zero attached hydrogens (tertiary/aromatic N) is 1. The standard InChI is InChI=1S/C20H22FNO3/c1-5-12-25-18-11-8-16(13-19(18)24-4)20(23)22(3)14(2)15-6-9-17(21)10-7-15/h5-11,13-14H,1,12H2,2-4H3. The fourth-order valence-electron chi connectivity index (χ4n) is 2.41. The lowest BCUT2D eigenvalue weighted by molar-refractivity contribution is 0.0742. The van der Waals surface area contributed by atoms with Crippen LogP contribution < -0.4 is 9.47 Å². The van der Waals surface area contributed by atoms with Gasteiger partial charge in [0.05, 0.1) is 13.2 Å². The fraction of sp³-hybridized carbons (Fsp3) is 0.250. The van der Waals surface area contributed by atoms with E-state index in [1.807, 2.05) is 6.92 Å². The molecule has 0 bridgehead atoms. The highest BCUT2D eigenvalue weighted by atomic mass is 19.1. The highest BCUT2D eigenvalue weighted by molar-refractivity contribution is 5.95. The minimum Gasteiger partial charge on any atom is -0.493 e. The zero-order chi connectivity index (χ0) is 18.4. The largest absolute Gasteiger partial charge is 0.493 e. The normalized spacial score (nSPS) is 11.5. The van der Waals surface area contributed by atoms with Crippen LogP contribution in [0, 0.1) is 5.82 Å². The lowest BCUT2D eigenvalue weighted by Gasteiger charge is -2.25. The van der Waals surface area contributed by atoms with Gasteiger partial charge in [-0.05, 0) is 42.8 Å². The molecular weight excluding hydrogens is 321 g/mol. The maximum absolute atomic E-state index is 13.1. The van der Waals surface area contributed by atoms with Gasteiger partial charge in [0.15, 0.2) is 11.5 Å². The molecule has 0 aliphatic rings. The molecule has 2 rings (SSSR count). The first kappa shape index (κ1) is 18.5. The van der Waals surface area contributed by atoms with Crippen LogP contribution in [0.25, 0.3) is 0 Å². The number of methoxy groups -OCH3 is 1. The quantitative estimate of drug-likeness (QED) is 0.706. The molecule has 1 unspecified atom stereocenters. The van der Waals surface area contributed by atoms with Crippen LogP contribution in [0.2, 0.25) is 0 Å². The zero-order valence-corrected chi connectivity index (χ0v) is 14.7. The minimum absolute atomic E-state index is 0.162. The third-order valence-corrected chi connectivity index (χ3v) is 4.02. The molecule has 132 valence electrons. The van der Waals surface area contributed by atoms with Crippen LogP contribution in [0.15, 0.2) is 55.1 Å². The van der Waals surface area contributed by atoms with Crippen molar-refractivity contribution >= 4 is 5.91 Å². The van der Waals surface area contributed by atoms with Crippen LogP contribution in [0.1, 0.15) is 28.9 Å². The molecule has 0 radical (unpaired) electrons. The van der Waals surface area contributed by atoms with Gasteiger partial charge >= 0.3 is 0 Å². The van der Waals surface area contributed by atoms with Crippen LogP contribution in [0.3, 0.4) is 0 Å². The molecule has 0 spiro atoms. The van der Waals surface area contributed by atoms with Crippen LogP contribution in [-0.4, -0.2) is 31.6 Å². The number of carbonyl (C=O) groups is 1. The number of ether oxygens (including phenoxy) is 2. The van der Waals surface area contributed by atoms with Crippen LogP contribution in [0.5, 0.6) is 11.5 Å². The molecule has 0 fully saturated rings. The van der Waals surface area contributed by atoms with Crippen LogP contribution in [-0.2, 0) is 0 Å². The molecule has 0 aliphatic carbocycles. The summed E-state index contributed by atoms with van der Waals surface area (Å²) in [6.07, 6.45) is 1.64. The summed E-state index contributed by atoms with van der Waals surface area (Å²) in [7, 11) is 3.24. The lowest BCUT2D eigenvalue weighted by atomic mass is 10.1. The third kappa shape index (κ3) is 4.38. The molecule has 0 heterocycles. The predicted molar refractivity (Wildman–Crippen MR) is 95.6 cm³/mol. The second kappa shape index (κ2) is 8.33. The van der Waals surface area contributed by atoms with E-state index in [0.29, 0.717) is 23.7 Å². The molecule has 5 heteroatoms. The van der Waals surface area contributed by atoms with Crippen molar-refractivity contribution in [1.29, 1.82) is 0 Å². The van der Waals surface area contributed by atoms with Gasteiger partial charge < -0.3 is 14.4 Å². The van der Waals surface area contributed by atoms with Crippen LogP contribution >= 0.6 is 0 Å². The lowest BCUT2D eigenvalue weighted by Crippen LogP contribution is -2.29. The molecule has 1 amide bonds. The number of hydrogen-bond donors (Lipinski definition) is 0. The number of benzene rings is 2. The van der Waals surface area contributed by atoms with Gasteiger partial charge in [0.2, 0.25) is 0 Å². The van der Waals surface area contributed by atoms with Crippen molar-refractivity contribution in [3.63, 3.8) is 0 Å². The Hall–Kier alpha value is -2.82. The third-order valence-electron chi connectivity index (χ3n) is 4.02. The summed E-state index contributed by atoms with van der Waals surface area (Å²) in [5.74, 6) is 0.568. The van der Waals surface area contributed by atoms with Gasteiger partial charge in [0.1, 0.15) is 12.4 Å². The number of carbonyl (C=O) groups excluding carboxylic acids is 1. The average Bonchev–Trinajstić information content (AvgIpc) is 2.65. The Balaban J connectivity index is 2.20. The zero-order valence-electron chi connectivity index (χ0n) is 14.7.